The summed E-state index contributed by atoms with van der Waals surface area (Å²) >= 11 is 0. The zero-order valence-electron chi connectivity index (χ0n) is 14.4. The van der Waals surface area contributed by atoms with Crippen molar-refractivity contribution in [2.75, 3.05) is 26.2 Å². The third-order valence-corrected chi connectivity index (χ3v) is 4.57. The van der Waals surface area contributed by atoms with E-state index in [4.69, 9.17) is 0 Å². The van der Waals surface area contributed by atoms with E-state index in [2.05, 4.69) is 4.98 Å². The van der Waals surface area contributed by atoms with Crippen molar-refractivity contribution in [2.24, 2.45) is 0 Å². The average Bonchev–Trinajstić information content (AvgIpc) is 3.01. The van der Waals surface area contributed by atoms with E-state index in [0.29, 0.717) is 37.3 Å². The Kier molecular flexibility index (Phi) is 4.83. The van der Waals surface area contributed by atoms with Gasteiger partial charge in [-0.25, -0.2) is 9.37 Å². The number of nitrogens with zero attached hydrogens (tertiary/aromatic N) is 4. The number of hydrogen-bond donors (Lipinski definition) is 0. The number of imidazole rings is 1. The predicted molar refractivity (Wildman–Crippen MR) is 90.6 cm³/mol. The molecule has 2 heterocycles. The van der Waals surface area contributed by atoms with Crippen molar-refractivity contribution >= 4 is 11.8 Å². The highest BCUT2D eigenvalue weighted by atomic mass is 19.1. The maximum atomic E-state index is 13.7. The van der Waals surface area contributed by atoms with E-state index in [9.17, 15) is 14.0 Å². The van der Waals surface area contributed by atoms with Crippen LogP contribution in [0.4, 0.5) is 4.39 Å². The van der Waals surface area contributed by atoms with E-state index in [0.717, 1.165) is 5.82 Å². The van der Waals surface area contributed by atoms with Gasteiger partial charge in [0.05, 0.1) is 0 Å². The molecule has 0 spiro atoms. The highest BCUT2D eigenvalue weighted by Crippen LogP contribution is 2.13. The molecular weight excluding hydrogens is 323 g/mol. The number of aromatic nitrogens is 2. The molecule has 0 unspecified atom stereocenters. The van der Waals surface area contributed by atoms with E-state index in [-0.39, 0.29) is 24.2 Å². The molecule has 2 amide bonds. The summed E-state index contributed by atoms with van der Waals surface area (Å²) in [6, 6.07) is 4.52. The number of benzene rings is 1. The van der Waals surface area contributed by atoms with Crippen molar-refractivity contribution in [2.45, 2.75) is 20.4 Å². The Labute approximate surface area is 145 Å². The third kappa shape index (κ3) is 3.70. The van der Waals surface area contributed by atoms with E-state index in [1.807, 2.05) is 6.92 Å². The molecule has 1 saturated heterocycles. The maximum Gasteiger partial charge on any atom is 0.254 e. The van der Waals surface area contributed by atoms with Crippen molar-refractivity contribution in [1.82, 2.24) is 19.4 Å². The van der Waals surface area contributed by atoms with Gasteiger partial charge in [0.2, 0.25) is 5.91 Å². The summed E-state index contributed by atoms with van der Waals surface area (Å²) < 4.78 is 15.5. The van der Waals surface area contributed by atoms with E-state index in [1.165, 1.54) is 6.07 Å². The van der Waals surface area contributed by atoms with Gasteiger partial charge in [0.25, 0.3) is 5.91 Å². The normalized spacial score (nSPS) is 14.7. The van der Waals surface area contributed by atoms with Crippen LogP contribution in [0.25, 0.3) is 0 Å². The quantitative estimate of drug-likeness (QED) is 0.850. The Morgan fingerprint density at radius 1 is 1.12 bits per heavy atom. The van der Waals surface area contributed by atoms with Crippen molar-refractivity contribution in [1.29, 1.82) is 0 Å². The van der Waals surface area contributed by atoms with Crippen LogP contribution >= 0.6 is 0 Å². The summed E-state index contributed by atoms with van der Waals surface area (Å²) in [4.78, 5) is 32.4. The van der Waals surface area contributed by atoms with Gasteiger partial charge >= 0.3 is 0 Å². The smallest absolute Gasteiger partial charge is 0.254 e. The zero-order valence-corrected chi connectivity index (χ0v) is 14.4. The minimum Gasteiger partial charge on any atom is -0.338 e. The molecule has 1 aliphatic heterocycles. The summed E-state index contributed by atoms with van der Waals surface area (Å²) in [6.45, 7) is 5.62. The average molecular weight is 344 g/mol. The first-order valence-corrected chi connectivity index (χ1v) is 8.26. The fraction of sp³-hybridized carbons (Fsp3) is 0.389. The highest BCUT2D eigenvalue weighted by Gasteiger charge is 2.25. The predicted octanol–water partition coefficient (Wildman–Crippen LogP) is 1.62. The molecule has 1 fully saturated rings. The molecule has 6 nitrogen and oxygen atoms in total. The van der Waals surface area contributed by atoms with Gasteiger partial charge in [-0.15, -0.1) is 0 Å². The second kappa shape index (κ2) is 7.04. The summed E-state index contributed by atoms with van der Waals surface area (Å²) in [5.41, 5.74) is 0.860. The Hall–Kier alpha value is -2.70. The summed E-state index contributed by atoms with van der Waals surface area (Å²) in [6.07, 6.45) is 3.44. The zero-order chi connectivity index (χ0) is 18.0. The Morgan fingerprint density at radius 3 is 2.40 bits per heavy atom. The first kappa shape index (κ1) is 17.1. The summed E-state index contributed by atoms with van der Waals surface area (Å²) in [7, 11) is 0. The second-order valence-corrected chi connectivity index (χ2v) is 6.24. The lowest BCUT2D eigenvalue weighted by Gasteiger charge is -2.35. The fourth-order valence-electron chi connectivity index (χ4n) is 2.88. The molecule has 0 aliphatic carbocycles. The van der Waals surface area contributed by atoms with Gasteiger partial charge < -0.3 is 14.4 Å². The van der Waals surface area contributed by atoms with Crippen LogP contribution in [-0.4, -0.2) is 57.3 Å². The van der Waals surface area contributed by atoms with Gasteiger partial charge in [0.15, 0.2) is 0 Å². The molecule has 1 aromatic carbocycles. The molecule has 25 heavy (non-hydrogen) atoms. The van der Waals surface area contributed by atoms with E-state index in [1.54, 1.807) is 45.8 Å². The van der Waals surface area contributed by atoms with Crippen molar-refractivity contribution in [3.8, 4) is 0 Å². The summed E-state index contributed by atoms with van der Waals surface area (Å²) in [5, 5.41) is 0. The number of hydrogen-bond acceptors (Lipinski definition) is 3. The van der Waals surface area contributed by atoms with Crippen molar-refractivity contribution < 1.29 is 14.0 Å². The van der Waals surface area contributed by atoms with Gasteiger partial charge in [-0.1, -0.05) is 6.07 Å². The van der Waals surface area contributed by atoms with Crippen molar-refractivity contribution in [3.05, 3.63) is 53.4 Å². The number of carbonyl (C=O) groups excluding carboxylic acids is 2. The monoisotopic (exact) mass is 344 g/mol. The van der Waals surface area contributed by atoms with Crippen LogP contribution in [0.1, 0.15) is 21.7 Å². The molecule has 0 radical (unpaired) electrons. The number of carbonyl (C=O) groups is 2. The molecule has 0 N–H and O–H groups in total. The van der Waals surface area contributed by atoms with Crippen LogP contribution in [-0.2, 0) is 11.3 Å². The van der Waals surface area contributed by atoms with Gasteiger partial charge in [0.1, 0.15) is 18.2 Å². The minimum absolute atomic E-state index is 0.00887. The van der Waals surface area contributed by atoms with Crippen LogP contribution in [0.15, 0.2) is 30.6 Å². The number of aryl methyl sites for hydroxylation is 2. The minimum atomic E-state index is -0.379. The fourth-order valence-corrected chi connectivity index (χ4v) is 2.88. The second-order valence-electron chi connectivity index (χ2n) is 6.24. The molecule has 1 aliphatic rings. The van der Waals surface area contributed by atoms with Crippen LogP contribution in [0.2, 0.25) is 0 Å². The van der Waals surface area contributed by atoms with E-state index < -0.39 is 0 Å². The summed E-state index contributed by atoms with van der Waals surface area (Å²) in [5.74, 6) is 0.227. The molecular formula is C18H21FN4O2. The van der Waals surface area contributed by atoms with Crippen molar-refractivity contribution in [3.63, 3.8) is 0 Å². The van der Waals surface area contributed by atoms with E-state index >= 15 is 0 Å². The van der Waals surface area contributed by atoms with Crippen LogP contribution in [0.5, 0.6) is 0 Å². The number of halogens is 1. The lowest BCUT2D eigenvalue weighted by molar-refractivity contribution is -0.133. The lowest BCUT2D eigenvalue weighted by Crippen LogP contribution is -2.51. The molecule has 3 rings (SSSR count). The third-order valence-electron chi connectivity index (χ3n) is 4.57. The Bertz CT molecular complexity index is 794. The Morgan fingerprint density at radius 2 is 1.80 bits per heavy atom. The first-order valence-electron chi connectivity index (χ1n) is 8.26. The van der Waals surface area contributed by atoms with Gasteiger partial charge in [0, 0.05) is 44.1 Å². The lowest BCUT2D eigenvalue weighted by atomic mass is 10.1. The Balaban J connectivity index is 1.57. The molecule has 132 valence electrons. The number of amides is 2. The van der Waals surface area contributed by atoms with Crippen LogP contribution in [0.3, 0.4) is 0 Å². The first-order chi connectivity index (χ1) is 12.0. The molecule has 0 saturated carbocycles. The van der Waals surface area contributed by atoms with Crippen LogP contribution < -0.4 is 0 Å². The highest BCUT2D eigenvalue weighted by molar-refractivity contribution is 5.94. The molecule has 0 bridgehead atoms. The van der Waals surface area contributed by atoms with Gasteiger partial charge in [-0.05, 0) is 31.5 Å². The van der Waals surface area contributed by atoms with Crippen LogP contribution in [0, 0.1) is 19.7 Å². The topological polar surface area (TPSA) is 58.4 Å². The molecule has 2 aromatic rings. The van der Waals surface area contributed by atoms with Gasteiger partial charge in [-0.3, -0.25) is 9.59 Å². The molecule has 1 aromatic heterocycles. The standard InChI is InChI=1S/C18H21FN4O2/c1-13-3-4-15(11-16(13)19)18(25)22-9-7-21(8-10-22)17(24)12-23-6-5-20-14(23)2/h3-6,11H,7-10,12H2,1-2H3. The SMILES string of the molecule is Cc1ccc(C(=O)N2CCN(C(=O)Cn3ccnc3C)CC2)cc1F. The van der Waals surface area contributed by atoms with Gasteiger partial charge in [-0.2, -0.15) is 0 Å². The number of rotatable bonds is 3. The maximum absolute atomic E-state index is 13.7. The number of piperazine rings is 1. The molecule has 7 heteroatoms. The largest absolute Gasteiger partial charge is 0.338 e. The molecule has 0 atom stereocenters.